The minimum atomic E-state index is -0.583. The van der Waals surface area contributed by atoms with E-state index < -0.39 is 10.8 Å². The maximum atomic E-state index is 12.2. The SMILES string of the molecule is COc1cc(OC)c([N+](=O)[O-])cc1/C=N/NC(=O)c1ccc2c(c1)OCO2. The lowest BCUT2D eigenvalue weighted by Gasteiger charge is -2.08. The van der Waals surface area contributed by atoms with E-state index in [9.17, 15) is 14.9 Å². The third-order valence-electron chi connectivity index (χ3n) is 3.73. The Balaban J connectivity index is 1.78. The Bertz CT molecular complexity index is 927. The molecule has 1 aliphatic heterocycles. The van der Waals surface area contributed by atoms with Gasteiger partial charge < -0.3 is 18.9 Å². The summed E-state index contributed by atoms with van der Waals surface area (Å²) in [5.74, 6) is 0.910. The Labute approximate surface area is 153 Å². The average molecular weight is 373 g/mol. The number of nitro benzene ring substituents is 1. The summed E-state index contributed by atoms with van der Waals surface area (Å²) < 4.78 is 20.6. The van der Waals surface area contributed by atoms with Gasteiger partial charge in [-0.15, -0.1) is 0 Å². The zero-order valence-electron chi connectivity index (χ0n) is 14.4. The zero-order valence-corrected chi connectivity index (χ0v) is 14.4. The Morgan fingerprint density at radius 3 is 2.63 bits per heavy atom. The van der Waals surface area contributed by atoms with Crippen LogP contribution in [0.1, 0.15) is 15.9 Å². The van der Waals surface area contributed by atoms with E-state index in [2.05, 4.69) is 10.5 Å². The summed E-state index contributed by atoms with van der Waals surface area (Å²) in [5, 5.41) is 15.0. The van der Waals surface area contributed by atoms with Crippen LogP contribution in [0.15, 0.2) is 35.4 Å². The number of ether oxygens (including phenoxy) is 4. The van der Waals surface area contributed by atoms with Crippen molar-refractivity contribution >= 4 is 17.8 Å². The second-order valence-corrected chi connectivity index (χ2v) is 5.29. The Kier molecular flexibility index (Phi) is 5.06. The lowest BCUT2D eigenvalue weighted by atomic mass is 10.1. The molecule has 0 bridgehead atoms. The van der Waals surface area contributed by atoms with E-state index in [1.807, 2.05) is 0 Å². The fourth-order valence-corrected chi connectivity index (χ4v) is 2.41. The third-order valence-corrected chi connectivity index (χ3v) is 3.73. The van der Waals surface area contributed by atoms with E-state index in [-0.39, 0.29) is 18.2 Å². The molecule has 0 saturated carbocycles. The predicted octanol–water partition coefficient (Wildman–Crippen LogP) is 2.10. The maximum Gasteiger partial charge on any atom is 0.311 e. The van der Waals surface area contributed by atoms with Crippen LogP contribution in [0.5, 0.6) is 23.0 Å². The highest BCUT2D eigenvalue weighted by Crippen LogP contribution is 2.34. The fourth-order valence-electron chi connectivity index (χ4n) is 2.41. The summed E-state index contributed by atoms with van der Waals surface area (Å²) in [5.41, 5.74) is 2.72. The molecule has 0 atom stereocenters. The van der Waals surface area contributed by atoms with Crippen LogP contribution in [0.3, 0.4) is 0 Å². The van der Waals surface area contributed by atoms with Gasteiger partial charge in [0, 0.05) is 23.3 Å². The van der Waals surface area contributed by atoms with Crippen molar-refractivity contribution in [3.63, 3.8) is 0 Å². The van der Waals surface area contributed by atoms with Crippen molar-refractivity contribution < 1.29 is 28.7 Å². The van der Waals surface area contributed by atoms with Crippen LogP contribution >= 0.6 is 0 Å². The monoisotopic (exact) mass is 373 g/mol. The van der Waals surface area contributed by atoms with Gasteiger partial charge in [-0.25, -0.2) is 5.43 Å². The molecular weight excluding hydrogens is 358 g/mol. The number of benzene rings is 2. The van der Waals surface area contributed by atoms with E-state index >= 15 is 0 Å². The topological polar surface area (TPSA) is 122 Å². The first-order chi connectivity index (χ1) is 13.0. The van der Waals surface area contributed by atoms with E-state index in [0.717, 1.165) is 0 Å². The van der Waals surface area contributed by atoms with Gasteiger partial charge in [-0.1, -0.05) is 0 Å². The molecule has 1 N–H and O–H groups in total. The highest BCUT2D eigenvalue weighted by atomic mass is 16.7. The summed E-state index contributed by atoms with van der Waals surface area (Å²) >= 11 is 0. The van der Waals surface area contributed by atoms with Crippen molar-refractivity contribution in [2.45, 2.75) is 0 Å². The lowest BCUT2D eigenvalue weighted by molar-refractivity contribution is -0.385. The number of nitrogens with one attached hydrogen (secondary N) is 1. The number of hydrogen-bond donors (Lipinski definition) is 1. The Morgan fingerprint density at radius 1 is 1.19 bits per heavy atom. The van der Waals surface area contributed by atoms with Gasteiger partial charge in [-0.3, -0.25) is 14.9 Å². The van der Waals surface area contributed by atoms with E-state index in [1.165, 1.54) is 38.6 Å². The molecule has 2 aromatic rings. The first-order valence-electron chi connectivity index (χ1n) is 7.67. The summed E-state index contributed by atoms with van der Waals surface area (Å²) in [6.45, 7) is 0.106. The number of methoxy groups -OCH3 is 2. The second-order valence-electron chi connectivity index (χ2n) is 5.29. The highest BCUT2D eigenvalue weighted by Gasteiger charge is 2.19. The van der Waals surface area contributed by atoms with Crippen LogP contribution in [0, 0.1) is 10.1 Å². The number of amides is 1. The first kappa shape index (κ1) is 18.0. The molecule has 0 unspecified atom stereocenters. The van der Waals surface area contributed by atoms with Crippen molar-refractivity contribution in [3.05, 3.63) is 51.6 Å². The molecule has 2 aromatic carbocycles. The molecule has 10 heteroatoms. The molecule has 0 aliphatic carbocycles. The summed E-state index contributed by atoms with van der Waals surface area (Å²) in [6.07, 6.45) is 1.25. The van der Waals surface area contributed by atoms with Gasteiger partial charge in [0.2, 0.25) is 12.5 Å². The van der Waals surface area contributed by atoms with Crippen molar-refractivity contribution in [1.82, 2.24) is 5.43 Å². The van der Waals surface area contributed by atoms with Crippen molar-refractivity contribution in [1.29, 1.82) is 0 Å². The molecule has 0 saturated heterocycles. The molecule has 10 nitrogen and oxygen atoms in total. The number of nitrogens with zero attached hydrogens (tertiary/aromatic N) is 2. The molecular formula is C17H15N3O7. The van der Waals surface area contributed by atoms with Crippen LogP contribution in [-0.2, 0) is 0 Å². The van der Waals surface area contributed by atoms with Gasteiger partial charge >= 0.3 is 5.69 Å². The first-order valence-corrected chi connectivity index (χ1v) is 7.67. The van der Waals surface area contributed by atoms with Crippen LogP contribution in [0.25, 0.3) is 0 Å². The molecule has 27 heavy (non-hydrogen) atoms. The van der Waals surface area contributed by atoms with Gasteiger partial charge in [0.15, 0.2) is 11.5 Å². The molecule has 0 spiro atoms. The number of carbonyl (C=O) groups excluding carboxylic acids is 1. The molecule has 3 rings (SSSR count). The smallest absolute Gasteiger partial charge is 0.311 e. The molecule has 1 heterocycles. The van der Waals surface area contributed by atoms with E-state index in [0.29, 0.717) is 28.4 Å². The molecule has 140 valence electrons. The Hall–Kier alpha value is -3.82. The van der Waals surface area contributed by atoms with E-state index in [4.69, 9.17) is 18.9 Å². The average Bonchev–Trinajstić information content (AvgIpc) is 3.15. The van der Waals surface area contributed by atoms with Gasteiger partial charge in [-0.05, 0) is 18.2 Å². The second kappa shape index (κ2) is 7.60. The minimum Gasteiger partial charge on any atom is -0.496 e. The van der Waals surface area contributed by atoms with Crippen LogP contribution < -0.4 is 24.4 Å². The standard InChI is InChI=1S/C17H15N3O7/c1-24-14-7-15(25-2)12(20(22)23)5-11(14)8-18-19-17(21)10-3-4-13-16(6-10)27-9-26-13/h3-8H,9H2,1-2H3,(H,19,21)/b18-8+. The van der Waals surface area contributed by atoms with Gasteiger partial charge in [0.1, 0.15) is 5.75 Å². The number of carbonyl (C=O) groups is 1. The Morgan fingerprint density at radius 2 is 1.93 bits per heavy atom. The summed E-state index contributed by atoms with van der Waals surface area (Å²) in [4.78, 5) is 22.7. The molecule has 0 fully saturated rings. The third kappa shape index (κ3) is 3.73. The zero-order chi connectivity index (χ0) is 19.4. The quantitative estimate of drug-likeness (QED) is 0.467. The normalized spacial score (nSPS) is 12.1. The molecule has 0 radical (unpaired) electrons. The van der Waals surface area contributed by atoms with Gasteiger partial charge in [-0.2, -0.15) is 5.10 Å². The number of hydrogen-bond acceptors (Lipinski definition) is 8. The maximum absolute atomic E-state index is 12.2. The highest BCUT2D eigenvalue weighted by molar-refractivity contribution is 5.96. The molecule has 1 aliphatic rings. The van der Waals surface area contributed by atoms with E-state index in [1.54, 1.807) is 12.1 Å². The van der Waals surface area contributed by atoms with Crippen LogP contribution in [0.4, 0.5) is 5.69 Å². The van der Waals surface area contributed by atoms with Crippen LogP contribution in [-0.4, -0.2) is 38.1 Å². The lowest BCUT2D eigenvalue weighted by Crippen LogP contribution is -2.17. The summed E-state index contributed by atoms with van der Waals surface area (Å²) in [7, 11) is 2.73. The molecule has 0 aromatic heterocycles. The number of fused-ring (bicyclic) bond motifs is 1. The number of hydrazone groups is 1. The fraction of sp³-hybridized carbons (Fsp3) is 0.176. The summed E-state index contributed by atoms with van der Waals surface area (Å²) in [6, 6.07) is 7.34. The van der Waals surface area contributed by atoms with Crippen molar-refractivity contribution in [2.24, 2.45) is 5.10 Å². The van der Waals surface area contributed by atoms with Crippen molar-refractivity contribution in [2.75, 3.05) is 21.0 Å². The molecule has 1 amide bonds. The largest absolute Gasteiger partial charge is 0.496 e. The van der Waals surface area contributed by atoms with Gasteiger partial charge in [0.05, 0.1) is 25.4 Å². The number of rotatable bonds is 6. The van der Waals surface area contributed by atoms with Gasteiger partial charge in [0.25, 0.3) is 5.91 Å². The predicted molar refractivity (Wildman–Crippen MR) is 93.8 cm³/mol. The van der Waals surface area contributed by atoms with Crippen LogP contribution in [0.2, 0.25) is 0 Å². The minimum absolute atomic E-state index is 0.0541. The number of nitro groups is 1. The van der Waals surface area contributed by atoms with Crippen molar-refractivity contribution in [3.8, 4) is 23.0 Å².